The molecule has 1 heterocycles. The van der Waals surface area contributed by atoms with E-state index in [0.717, 1.165) is 27.9 Å². The maximum atomic E-state index is 13.8. The van der Waals surface area contributed by atoms with Crippen molar-refractivity contribution in [2.75, 3.05) is 23.7 Å². The number of thioether (sulfide) groups is 1. The van der Waals surface area contributed by atoms with Crippen molar-refractivity contribution in [3.63, 3.8) is 0 Å². The van der Waals surface area contributed by atoms with Crippen molar-refractivity contribution in [1.82, 2.24) is 10.3 Å². The van der Waals surface area contributed by atoms with Crippen LogP contribution in [0, 0.1) is 6.92 Å². The Hall–Kier alpha value is -4.63. The second-order valence-electron chi connectivity index (χ2n) is 10.3. The van der Waals surface area contributed by atoms with Crippen molar-refractivity contribution in [3.8, 4) is 11.1 Å². The molecule has 1 unspecified atom stereocenters. The van der Waals surface area contributed by atoms with Crippen molar-refractivity contribution in [1.29, 1.82) is 0 Å². The SMILES string of the molecule is CSCCC(NC(=O)c1ccc(CN(Cc2ccccc2)c2cccnc2)cc1-c1ccccc1C)C(=O)OCOC(C)=O. The third kappa shape index (κ3) is 9.18. The van der Waals surface area contributed by atoms with Gasteiger partial charge in [0.1, 0.15) is 6.04 Å². The molecule has 0 fully saturated rings. The van der Waals surface area contributed by atoms with Crippen molar-refractivity contribution >= 4 is 35.3 Å². The molecule has 228 valence electrons. The van der Waals surface area contributed by atoms with Crippen LogP contribution in [0.1, 0.15) is 40.4 Å². The quantitative estimate of drug-likeness (QED) is 0.133. The van der Waals surface area contributed by atoms with Gasteiger partial charge in [-0.1, -0.05) is 60.7 Å². The Balaban J connectivity index is 1.65. The molecular weight excluding hydrogens is 574 g/mol. The Morgan fingerprint density at radius 1 is 0.886 bits per heavy atom. The van der Waals surface area contributed by atoms with E-state index in [4.69, 9.17) is 9.47 Å². The molecule has 0 saturated heterocycles. The minimum Gasteiger partial charge on any atom is -0.428 e. The minimum atomic E-state index is -0.901. The van der Waals surface area contributed by atoms with Crippen LogP contribution in [0.2, 0.25) is 0 Å². The highest BCUT2D eigenvalue weighted by Gasteiger charge is 2.25. The summed E-state index contributed by atoms with van der Waals surface area (Å²) in [5.74, 6) is -0.978. The number of hydrogen-bond acceptors (Lipinski definition) is 8. The molecule has 8 nitrogen and oxygen atoms in total. The summed E-state index contributed by atoms with van der Waals surface area (Å²) in [6.07, 6.45) is 5.89. The summed E-state index contributed by atoms with van der Waals surface area (Å²) < 4.78 is 9.87. The van der Waals surface area contributed by atoms with E-state index in [1.807, 2.05) is 92.2 Å². The van der Waals surface area contributed by atoms with Gasteiger partial charge in [0, 0.05) is 31.8 Å². The second kappa shape index (κ2) is 16.3. The molecule has 1 atom stereocenters. The van der Waals surface area contributed by atoms with Crippen LogP contribution in [0.25, 0.3) is 11.1 Å². The predicted octanol–water partition coefficient (Wildman–Crippen LogP) is 6.18. The number of nitrogens with one attached hydrogen (secondary N) is 1. The molecule has 0 saturated carbocycles. The Labute approximate surface area is 262 Å². The Morgan fingerprint density at radius 3 is 2.34 bits per heavy atom. The van der Waals surface area contributed by atoms with Crippen LogP contribution in [0.15, 0.2) is 97.3 Å². The molecule has 9 heteroatoms. The van der Waals surface area contributed by atoms with Crippen molar-refractivity contribution < 1.29 is 23.9 Å². The highest BCUT2D eigenvalue weighted by atomic mass is 32.2. The first-order chi connectivity index (χ1) is 21.4. The fourth-order valence-corrected chi connectivity index (χ4v) is 5.25. The molecule has 3 aromatic carbocycles. The Kier molecular flexibility index (Phi) is 11.9. The topological polar surface area (TPSA) is 97.8 Å². The first-order valence-electron chi connectivity index (χ1n) is 14.3. The lowest BCUT2D eigenvalue weighted by molar-refractivity contribution is -0.167. The molecule has 0 aliphatic rings. The van der Waals surface area contributed by atoms with Crippen LogP contribution < -0.4 is 10.2 Å². The van der Waals surface area contributed by atoms with Gasteiger partial charge in [-0.15, -0.1) is 0 Å². The fourth-order valence-electron chi connectivity index (χ4n) is 4.78. The van der Waals surface area contributed by atoms with Gasteiger partial charge < -0.3 is 19.7 Å². The normalized spacial score (nSPS) is 11.3. The van der Waals surface area contributed by atoms with Gasteiger partial charge in [-0.05, 0) is 77.4 Å². The van der Waals surface area contributed by atoms with E-state index in [9.17, 15) is 14.4 Å². The lowest BCUT2D eigenvalue weighted by Crippen LogP contribution is -2.42. The predicted molar refractivity (Wildman–Crippen MR) is 174 cm³/mol. The molecule has 0 aliphatic heterocycles. The number of ether oxygens (including phenoxy) is 2. The van der Waals surface area contributed by atoms with Gasteiger partial charge in [0.2, 0.25) is 6.79 Å². The van der Waals surface area contributed by atoms with Gasteiger partial charge in [0.15, 0.2) is 0 Å². The molecule has 4 rings (SSSR count). The molecule has 4 aromatic rings. The third-order valence-corrected chi connectivity index (χ3v) is 7.67. The number of esters is 2. The average molecular weight is 612 g/mol. The summed E-state index contributed by atoms with van der Waals surface area (Å²) in [4.78, 5) is 44.3. The zero-order valence-corrected chi connectivity index (χ0v) is 26.0. The number of rotatable bonds is 14. The number of carbonyl (C=O) groups is 3. The van der Waals surface area contributed by atoms with E-state index in [0.29, 0.717) is 30.8 Å². The molecule has 1 amide bonds. The Morgan fingerprint density at radius 2 is 1.64 bits per heavy atom. The molecule has 0 radical (unpaired) electrons. The minimum absolute atomic E-state index is 0.364. The standard InChI is InChI=1S/C35H37N3O5S/c1-25-10-7-8-14-30(25)32-20-28(23-38(29-13-9-18-36-21-29)22-27-11-5-4-6-12-27)15-16-31(32)34(40)37-33(17-19-44-3)35(41)43-24-42-26(2)39/h4-16,18,20-21,33H,17,19,22-24H2,1-3H3,(H,37,40). The monoisotopic (exact) mass is 611 g/mol. The molecule has 44 heavy (non-hydrogen) atoms. The average Bonchev–Trinajstić information content (AvgIpc) is 3.03. The summed E-state index contributed by atoms with van der Waals surface area (Å²) in [6, 6.07) is 27.0. The van der Waals surface area contributed by atoms with Crippen LogP contribution in [-0.2, 0) is 32.2 Å². The van der Waals surface area contributed by atoms with Crippen LogP contribution in [0.4, 0.5) is 5.69 Å². The maximum Gasteiger partial charge on any atom is 0.331 e. The summed E-state index contributed by atoms with van der Waals surface area (Å²) in [5.41, 5.74) is 6.32. The lowest BCUT2D eigenvalue weighted by Gasteiger charge is -2.26. The van der Waals surface area contributed by atoms with E-state index in [1.54, 1.807) is 18.0 Å². The van der Waals surface area contributed by atoms with Crippen LogP contribution in [0.5, 0.6) is 0 Å². The third-order valence-electron chi connectivity index (χ3n) is 7.03. The number of benzene rings is 3. The lowest BCUT2D eigenvalue weighted by atomic mass is 9.93. The van der Waals surface area contributed by atoms with E-state index in [1.165, 1.54) is 12.5 Å². The highest BCUT2D eigenvalue weighted by Crippen LogP contribution is 2.30. The van der Waals surface area contributed by atoms with Crippen molar-refractivity contribution in [3.05, 3.63) is 120 Å². The van der Waals surface area contributed by atoms with E-state index in [2.05, 4.69) is 27.3 Å². The van der Waals surface area contributed by atoms with Crippen molar-refractivity contribution in [2.45, 2.75) is 39.4 Å². The van der Waals surface area contributed by atoms with Gasteiger partial charge in [0.25, 0.3) is 5.91 Å². The zero-order valence-electron chi connectivity index (χ0n) is 25.2. The fraction of sp³-hybridized carbons (Fsp3) is 0.257. The largest absolute Gasteiger partial charge is 0.428 e. The number of carbonyl (C=O) groups excluding carboxylic acids is 3. The van der Waals surface area contributed by atoms with E-state index >= 15 is 0 Å². The number of hydrogen-bond donors (Lipinski definition) is 1. The second-order valence-corrected chi connectivity index (χ2v) is 11.3. The number of nitrogens with zero attached hydrogens (tertiary/aromatic N) is 2. The Bertz CT molecular complexity index is 1550. The zero-order chi connectivity index (χ0) is 31.3. The highest BCUT2D eigenvalue weighted by molar-refractivity contribution is 7.98. The van der Waals surface area contributed by atoms with Crippen LogP contribution in [-0.4, -0.2) is 47.7 Å². The summed E-state index contributed by atoms with van der Waals surface area (Å²) >= 11 is 1.55. The number of amides is 1. The summed E-state index contributed by atoms with van der Waals surface area (Å²) in [6.45, 7) is 4.00. The molecular formula is C35H37N3O5S. The molecule has 0 aliphatic carbocycles. The molecule has 0 spiro atoms. The number of pyridine rings is 1. The van der Waals surface area contributed by atoms with Gasteiger partial charge in [-0.2, -0.15) is 11.8 Å². The smallest absolute Gasteiger partial charge is 0.331 e. The van der Waals surface area contributed by atoms with E-state index < -0.39 is 30.7 Å². The molecule has 0 bridgehead atoms. The van der Waals surface area contributed by atoms with Crippen LogP contribution >= 0.6 is 11.8 Å². The van der Waals surface area contributed by atoms with Crippen LogP contribution in [0.3, 0.4) is 0 Å². The first kappa shape index (κ1) is 32.3. The summed E-state index contributed by atoms with van der Waals surface area (Å²) in [5, 5.41) is 2.87. The van der Waals surface area contributed by atoms with Crippen molar-refractivity contribution in [2.24, 2.45) is 0 Å². The molecule has 1 aromatic heterocycles. The van der Waals surface area contributed by atoms with E-state index in [-0.39, 0.29) is 0 Å². The van der Waals surface area contributed by atoms with Gasteiger partial charge in [-0.25, -0.2) is 4.79 Å². The maximum absolute atomic E-state index is 13.8. The first-order valence-corrected chi connectivity index (χ1v) is 15.7. The number of aromatic nitrogens is 1. The van der Waals surface area contributed by atoms with Gasteiger partial charge >= 0.3 is 11.9 Å². The number of aryl methyl sites for hydroxylation is 1. The van der Waals surface area contributed by atoms with Gasteiger partial charge in [0.05, 0.1) is 11.9 Å². The molecule has 1 N–H and O–H groups in total. The summed E-state index contributed by atoms with van der Waals surface area (Å²) in [7, 11) is 0. The van der Waals surface area contributed by atoms with Gasteiger partial charge in [-0.3, -0.25) is 14.6 Å². The number of anilines is 1.